The van der Waals surface area contributed by atoms with Crippen molar-refractivity contribution in [1.29, 1.82) is 0 Å². The van der Waals surface area contributed by atoms with Crippen LogP contribution in [0.2, 0.25) is 0 Å². The zero-order valence-corrected chi connectivity index (χ0v) is 47.9. The summed E-state index contributed by atoms with van der Waals surface area (Å²) in [4.78, 5) is 86.4. The molecule has 0 spiro atoms. The van der Waals surface area contributed by atoms with Crippen molar-refractivity contribution in [3.05, 3.63) is 142 Å². The van der Waals surface area contributed by atoms with Gasteiger partial charge in [-0.15, -0.1) is 0 Å². The lowest BCUT2D eigenvalue weighted by atomic mass is 9.88. The molecule has 8 heterocycles. The van der Waals surface area contributed by atoms with Crippen LogP contribution in [0.15, 0.2) is 102 Å². The van der Waals surface area contributed by atoms with Gasteiger partial charge in [-0.3, -0.25) is 43.5 Å². The molecule has 0 radical (unpaired) electrons. The van der Waals surface area contributed by atoms with Crippen LogP contribution >= 0.6 is 0 Å². The molecule has 4 aliphatic heterocycles. The SMILES string of the molecule is COc1ccc(CN2C(=O)CCC(n3c(=O)n(C)c4c(F)c(CN5CCN(CC6CCN(C(=O)c7ccc(C8CCN(Cc9cc%10c(-c%11ccc(NC(=O)OC(C)(C)C)nc%11)ccnc%10n9C)CC8)cc7)CC6)CC5)ccc43)C2=O)cc1. The van der Waals surface area contributed by atoms with E-state index in [-0.39, 0.29) is 36.7 Å². The van der Waals surface area contributed by atoms with Crippen molar-refractivity contribution in [1.82, 2.24) is 48.2 Å². The van der Waals surface area contributed by atoms with Crippen molar-refractivity contribution in [3.63, 3.8) is 0 Å². The summed E-state index contributed by atoms with van der Waals surface area (Å²) in [5.41, 5.74) is 6.72. The van der Waals surface area contributed by atoms with Gasteiger partial charge in [0.05, 0.1) is 19.2 Å². The average Bonchev–Trinajstić information content (AvgIpc) is 4.06. The summed E-state index contributed by atoms with van der Waals surface area (Å²) in [7, 11) is 5.17. The van der Waals surface area contributed by atoms with E-state index in [0.29, 0.717) is 41.0 Å². The number of piperidine rings is 3. The number of amides is 4. The number of pyridine rings is 2. The minimum Gasteiger partial charge on any atom is -0.497 e. The Hall–Kier alpha value is -7.74. The smallest absolute Gasteiger partial charge is 0.413 e. The van der Waals surface area contributed by atoms with Crippen molar-refractivity contribution in [2.24, 2.45) is 20.0 Å². The lowest BCUT2D eigenvalue weighted by Crippen LogP contribution is -2.48. The predicted molar refractivity (Wildman–Crippen MR) is 312 cm³/mol. The van der Waals surface area contributed by atoms with Gasteiger partial charge >= 0.3 is 11.8 Å². The number of benzene rings is 3. The number of carbonyl (C=O) groups excluding carboxylic acids is 4. The van der Waals surface area contributed by atoms with Crippen LogP contribution in [0.5, 0.6) is 5.75 Å². The molecular formula is C63H74FN11O7. The Morgan fingerprint density at radius 3 is 2.13 bits per heavy atom. The molecule has 7 aromatic rings. The summed E-state index contributed by atoms with van der Waals surface area (Å²) < 4.78 is 31.9. The maximum absolute atomic E-state index is 16.5. The highest BCUT2D eigenvalue weighted by atomic mass is 19.1. The van der Waals surface area contributed by atoms with Gasteiger partial charge in [0.25, 0.3) is 11.8 Å². The van der Waals surface area contributed by atoms with Gasteiger partial charge in [0.2, 0.25) is 5.91 Å². The van der Waals surface area contributed by atoms with Crippen LogP contribution in [0.3, 0.4) is 0 Å². The van der Waals surface area contributed by atoms with Gasteiger partial charge in [-0.1, -0.05) is 30.3 Å². The van der Waals surface area contributed by atoms with E-state index in [1.165, 1.54) is 32.3 Å². The number of nitrogens with one attached hydrogen (secondary N) is 1. The number of piperazine rings is 1. The number of nitrogens with zero attached hydrogens (tertiary/aromatic N) is 10. The molecule has 1 atom stereocenters. The van der Waals surface area contributed by atoms with Crippen LogP contribution in [-0.2, 0) is 48.1 Å². The quantitative estimate of drug-likeness (QED) is 0.103. The fourth-order valence-electron chi connectivity index (χ4n) is 12.5. The van der Waals surface area contributed by atoms with Crippen molar-refractivity contribution in [2.75, 3.05) is 71.3 Å². The lowest BCUT2D eigenvalue weighted by molar-refractivity contribution is -0.151. The first-order valence-corrected chi connectivity index (χ1v) is 28.8. The number of ether oxygens (including phenoxy) is 2. The molecule has 0 saturated carbocycles. The number of likely N-dealkylation sites (tertiary alicyclic amines) is 3. The number of anilines is 1. The van der Waals surface area contributed by atoms with Gasteiger partial charge in [0.1, 0.15) is 34.4 Å². The first kappa shape index (κ1) is 56.1. The van der Waals surface area contributed by atoms with Gasteiger partial charge in [0, 0.05) is 120 Å². The molecule has 0 bridgehead atoms. The number of carbonyl (C=O) groups is 4. The number of halogens is 1. The zero-order valence-electron chi connectivity index (χ0n) is 47.9. The van der Waals surface area contributed by atoms with Crippen LogP contribution < -0.4 is 15.7 Å². The van der Waals surface area contributed by atoms with Gasteiger partial charge in [-0.05, 0) is 149 Å². The Morgan fingerprint density at radius 2 is 1.45 bits per heavy atom. The fourth-order valence-corrected chi connectivity index (χ4v) is 12.5. The molecule has 4 aliphatic rings. The molecule has 3 aromatic carbocycles. The average molecular weight is 1120 g/mol. The van der Waals surface area contributed by atoms with Crippen LogP contribution in [0.25, 0.3) is 33.2 Å². The molecule has 430 valence electrons. The van der Waals surface area contributed by atoms with Crippen molar-refractivity contribution < 1.29 is 33.0 Å². The number of hydrogen-bond acceptors (Lipinski definition) is 12. The number of methoxy groups -OCH3 is 1. The normalized spacial score (nSPS) is 18.5. The van der Waals surface area contributed by atoms with E-state index in [1.54, 1.807) is 55.8 Å². The number of imide groups is 1. The standard InChI is InChI=1S/C63H74FN11O7/c1-63(2,3)82-61(79)67-54-19-14-46(36-66-54)50-21-26-65-58-51(50)35-48(68(58)4)40-70-27-24-44(25-28-70)43-9-11-45(12-10-43)59(77)73-29-22-42(23-30-73)37-71-31-33-72(34-32-71)39-47-13-17-52-57(56(47)64)69(5)62(80)75(52)53-18-20-55(76)74(60(53)78)38-41-7-15-49(81-6)16-8-41/h7-17,19,21,26,35-36,42,44,53H,18,20,22-25,27-34,37-40H2,1-6H3,(H,66,67,79). The Kier molecular flexibility index (Phi) is 16.2. The number of fused-ring (bicyclic) bond motifs is 2. The van der Waals surface area contributed by atoms with Gasteiger partial charge < -0.3 is 23.8 Å². The summed E-state index contributed by atoms with van der Waals surface area (Å²) in [6.45, 7) is 14.4. The van der Waals surface area contributed by atoms with Crippen LogP contribution in [-0.4, -0.2) is 144 Å². The summed E-state index contributed by atoms with van der Waals surface area (Å²) in [5.74, 6) is 0.847. The molecular weight excluding hydrogens is 1040 g/mol. The highest BCUT2D eigenvalue weighted by Crippen LogP contribution is 2.35. The summed E-state index contributed by atoms with van der Waals surface area (Å²) in [5, 5.41) is 3.76. The second-order valence-electron chi connectivity index (χ2n) is 23.7. The molecule has 0 aliphatic carbocycles. The maximum atomic E-state index is 16.5. The Balaban J connectivity index is 0.621. The number of rotatable bonds is 14. The van der Waals surface area contributed by atoms with E-state index in [0.717, 1.165) is 124 Å². The Labute approximate surface area is 477 Å². The van der Waals surface area contributed by atoms with Gasteiger partial charge in [-0.2, -0.15) is 0 Å². The monoisotopic (exact) mass is 1120 g/mol. The molecule has 4 amide bonds. The number of hydrogen-bond donors (Lipinski definition) is 1. The Morgan fingerprint density at radius 1 is 0.744 bits per heavy atom. The predicted octanol–water partition coefficient (Wildman–Crippen LogP) is 8.72. The van der Waals surface area contributed by atoms with E-state index in [9.17, 15) is 24.0 Å². The second kappa shape index (κ2) is 23.6. The van der Waals surface area contributed by atoms with Crippen LogP contribution in [0, 0.1) is 11.7 Å². The summed E-state index contributed by atoms with van der Waals surface area (Å²) >= 11 is 0. The van der Waals surface area contributed by atoms with Crippen molar-refractivity contribution >= 4 is 51.7 Å². The van der Waals surface area contributed by atoms with Gasteiger partial charge in [-0.25, -0.2) is 23.9 Å². The van der Waals surface area contributed by atoms with Crippen molar-refractivity contribution in [2.45, 2.75) is 96.5 Å². The third-order valence-corrected chi connectivity index (χ3v) is 17.2. The number of imidazole rings is 1. The largest absolute Gasteiger partial charge is 0.497 e. The Bertz CT molecular complexity index is 3550. The molecule has 4 saturated heterocycles. The van der Waals surface area contributed by atoms with E-state index in [2.05, 4.69) is 54.8 Å². The van der Waals surface area contributed by atoms with Crippen LogP contribution in [0.1, 0.15) is 104 Å². The molecule has 4 fully saturated rings. The highest BCUT2D eigenvalue weighted by Gasteiger charge is 2.38. The van der Waals surface area contributed by atoms with Crippen LogP contribution in [0.4, 0.5) is 15.0 Å². The third kappa shape index (κ3) is 11.9. The van der Waals surface area contributed by atoms with Gasteiger partial charge in [0.15, 0.2) is 5.82 Å². The first-order chi connectivity index (χ1) is 39.5. The minimum absolute atomic E-state index is 0.0688. The maximum Gasteiger partial charge on any atom is 0.413 e. The minimum atomic E-state index is -0.932. The number of aryl methyl sites for hydroxylation is 2. The third-order valence-electron chi connectivity index (χ3n) is 17.2. The van der Waals surface area contributed by atoms with E-state index >= 15 is 4.39 Å². The molecule has 1 N–H and O–H groups in total. The molecule has 18 nitrogen and oxygen atoms in total. The highest BCUT2D eigenvalue weighted by molar-refractivity contribution is 6.00. The molecule has 4 aromatic heterocycles. The molecule has 1 unspecified atom stereocenters. The second-order valence-corrected chi connectivity index (χ2v) is 23.7. The number of aromatic nitrogens is 5. The summed E-state index contributed by atoms with van der Waals surface area (Å²) in [6.07, 6.45) is 7.28. The van der Waals surface area contributed by atoms with E-state index in [1.807, 2.05) is 56.1 Å². The topological polar surface area (TPSA) is 173 Å². The van der Waals surface area contributed by atoms with Crippen molar-refractivity contribution in [3.8, 4) is 16.9 Å². The summed E-state index contributed by atoms with van der Waals surface area (Å²) in [6, 6.07) is 26.0. The van der Waals surface area contributed by atoms with E-state index in [4.69, 9.17) is 14.5 Å². The first-order valence-electron chi connectivity index (χ1n) is 28.8. The fraction of sp³-hybridized carbons (Fsp3) is 0.444. The van der Waals surface area contributed by atoms with E-state index < -0.39 is 35.2 Å². The molecule has 82 heavy (non-hydrogen) atoms. The lowest BCUT2D eigenvalue weighted by Gasteiger charge is -2.39. The molecule has 19 heteroatoms. The zero-order chi connectivity index (χ0) is 57.4. The molecule has 11 rings (SSSR count).